The lowest BCUT2D eigenvalue weighted by atomic mass is 9.71. The van der Waals surface area contributed by atoms with Gasteiger partial charge in [-0.1, -0.05) is 26.2 Å². The summed E-state index contributed by atoms with van der Waals surface area (Å²) >= 11 is 0. The summed E-state index contributed by atoms with van der Waals surface area (Å²) in [5, 5.41) is 0. The molecule has 1 saturated heterocycles. The van der Waals surface area contributed by atoms with Crippen molar-refractivity contribution in [1.82, 2.24) is 0 Å². The maximum Gasteiger partial charge on any atom is 0.0844 e. The lowest BCUT2D eigenvalue weighted by Gasteiger charge is -2.34. The SMILES string of the molecule is CC1CCCC(C2CCC3OC3C2)C1. The Morgan fingerprint density at radius 3 is 2.50 bits per heavy atom. The maximum atomic E-state index is 5.63. The zero-order valence-electron chi connectivity index (χ0n) is 9.24. The second-order valence-electron chi connectivity index (χ2n) is 5.82. The molecule has 3 rings (SSSR count). The first-order valence-electron chi connectivity index (χ1n) is 6.48. The molecule has 0 aromatic carbocycles. The van der Waals surface area contributed by atoms with Gasteiger partial charge < -0.3 is 4.74 Å². The number of hydrogen-bond acceptors (Lipinski definition) is 1. The topological polar surface area (TPSA) is 12.5 Å². The highest BCUT2D eigenvalue weighted by molar-refractivity contribution is 4.94. The molecule has 0 N–H and O–H groups in total. The molecular weight excluding hydrogens is 172 g/mol. The van der Waals surface area contributed by atoms with Crippen LogP contribution in [0, 0.1) is 17.8 Å². The van der Waals surface area contributed by atoms with E-state index in [0.29, 0.717) is 12.2 Å². The molecule has 3 aliphatic rings. The van der Waals surface area contributed by atoms with E-state index in [1.165, 1.54) is 44.9 Å². The van der Waals surface area contributed by atoms with Crippen LogP contribution in [-0.2, 0) is 4.74 Å². The zero-order chi connectivity index (χ0) is 9.54. The number of rotatable bonds is 1. The van der Waals surface area contributed by atoms with Crippen LogP contribution in [0.5, 0.6) is 0 Å². The van der Waals surface area contributed by atoms with Crippen LogP contribution < -0.4 is 0 Å². The monoisotopic (exact) mass is 194 g/mol. The van der Waals surface area contributed by atoms with E-state index < -0.39 is 0 Å². The molecule has 1 aliphatic heterocycles. The Labute approximate surface area is 87.2 Å². The van der Waals surface area contributed by atoms with Gasteiger partial charge in [0, 0.05) is 0 Å². The Morgan fingerprint density at radius 1 is 0.857 bits per heavy atom. The van der Waals surface area contributed by atoms with Gasteiger partial charge in [-0.2, -0.15) is 0 Å². The standard InChI is InChI=1S/C13H22O/c1-9-3-2-4-10(7-9)11-5-6-12-13(8-11)14-12/h9-13H,2-8H2,1H3. The van der Waals surface area contributed by atoms with Crippen molar-refractivity contribution in [2.45, 2.75) is 64.1 Å². The van der Waals surface area contributed by atoms with E-state index in [-0.39, 0.29) is 0 Å². The van der Waals surface area contributed by atoms with Crippen molar-refractivity contribution in [1.29, 1.82) is 0 Å². The molecule has 14 heavy (non-hydrogen) atoms. The van der Waals surface area contributed by atoms with Crippen LogP contribution in [0.2, 0.25) is 0 Å². The van der Waals surface area contributed by atoms with E-state index in [2.05, 4.69) is 6.92 Å². The molecule has 5 unspecified atom stereocenters. The van der Waals surface area contributed by atoms with Crippen molar-refractivity contribution in [2.24, 2.45) is 17.8 Å². The van der Waals surface area contributed by atoms with Crippen molar-refractivity contribution in [2.75, 3.05) is 0 Å². The number of ether oxygens (including phenoxy) is 1. The average Bonchev–Trinajstić information content (AvgIpc) is 2.95. The highest BCUT2D eigenvalue weighted by Crippen LogP contribution is 2.46. The van der Waals surface area contributed by atoms with Gasteiger partial charge in [0.15, 0.2) is 0 Å². The molecule has 0 bridgehead atoms. The Balaban J connectivity index is 1.58. The van der Waals surface area contributed by atoms with Gasteiger partial charge in [0.05, 0.1) is 12.2 Å². The number of hydrogen-bond donors (Lipinski definition) is 0. The van der Waals surface area contributed by atoms with Crippen LogP contribution in [0.15, 0.2) is 0 Å². The molecule has 0 aromatic heterocycles. The second kappa shape index (κ2) is 3.52. The van der Waals surface area contributed by atoms with E-state index in [4.69, 9.17) is 4.74 Å². The quantitative estimate of drug-likeness (QED) is 0.583. The van der Waals surface area contributed by atoms with Crippen LogP contribution in [-0.4, -0.2) is 12.2 Å². The van der Waals surface area contributed by atoms with Crippen molar-refractivity contribution >= 4 is 0 Å². The van der Waals surface area contributed by atoms with Gasteiger partial charge in [-0.05, 0) is 43.4 Å². The predicted molar refractivity (Wildman–Crippen MR) is 57.1 cm³/mol. The summed E-state index contributed by atoms with van der Waals surface area (Å²) in [5.74, 6) is 3.05. The minimum Gasteiger partial charge on any atom is -0.370 e. The third kappa shape index (κ3) is 1.71. The van der Waals surface area contributed by atoms with Gasteiger partial charge in [0.2, 0.25) is 0 Å². The van der Waals surface area contributed by atoms with Gasteiger partial charge in [0.1, 0.15) is 0 Å². The van der Waals surface area contributed by atoms with Gasteiger partial charge >= 0.3 is 0 Å². The number of fused-ring (bicyclic) bond motifs is 1. The fourth-order valence-corrected chi connectivity index (χ4v) is 3.77. The third-order valence-corrected chi connectivity index (χ3v) is 4.69. The van der Waals surface area contributed by atoms with Crippen molar-refractivity contribution < 1.29 is 4.74 Å². The fraction of sp³-hybridized carbons (Fsp3) is 1.00. The molecule has 0 amide bonds. The first kappa shape index (κ1) is 9.21. The normalized spacial score (nSPS) is 52.5. The Morgan fingerprint density at radius 2 is 1.71 bits per heavy atom. The summed E-state index contributed by atoms with van der Waals surface area (Å²) in [6.07, 6.45) is 11.6. The third-order valence-electron chi connectivity index (χ3n) is 4.69. The molecule has 0 spiro atoms. The minimum absolute atomic E-state index is 0.686. The average molecular weight is 194 g/mol. The van der Waals surface area contributed by atoms with E-state index in [1.54, 1.807) is 0 Å². The Bertz CT molecular complexity index is 209. The van der Waals surface area contributed by atoms with Crippen LogP contribution in [0.1, 0.15) is 51.9 Å². The summed E-state index contributed by atoms with van der Waals surface area (Å²) in [5.41, 5.74) is 0. The lowest BCUT2D eigenvalue weighted by Crippen LogP contribution is -2.26. The largest absolute Gasteiger partial charge is 0.370 e. The first-order valence-corrected chi connectivity index (χ1v) is 6.48. The molecular formula is C13H22O. The van der Waals surface area contributed by atoms with Crippen LogP contribution in [0.3, 0.4) is 0 Å². The Kier molecular flexibility index (Phi) is 2.31. The van der Waals surface area contributed by atoms with Crippen LogP contribution in [0.25, 0.3) is 0 Å². The van der Waals surface area contributed by atoms with E-state index in [1.807, 2.05) is 0 Å². The van der Waals surface area contributed by atoms with E-state index in [0.717, 1.165) is 17.8 Å². The van der Waals surface area contributed by atoms with Gasteiger partial charge in [0.25, 0.3) is 0 Å². The highest BCUT2D eigenvalue weighted by atomic mass is 16.6. The lowest BCUT2D eigenvalue weighted by molar-refractivity contribution is 0.173. The smallest absolute Gasteiger partial charge is 0.0844 e. The summed E-state index contributed by atoms with van der Waals surface area (Å²) in [4.78, 5) is 0. The van der Waals surface area contributed by atoms with Crippen molar-refractivity contribution in [3.63, 3.8) is 0 Å². The van der Waals surface area contributed by atoms with Gasteiger partial charge in [-0.15, -0.1) is 0 Å². The zero-order valence-corrected chi connectivity index (χ0v) is 9.24. The molecule has 5 atom stereocenters. The molecule has 0 radical (unpaired) electrons. The minimum atomic E-state index is 0.686. The Hall–Kier alpha value is -0.0400. The predicted octanol–water partition coefficient (Wildman–Crippen LogP) is 3.38. The van der Waals surface area contributed by atoms with Crippen LogP contribution >= 0.6 is 0 Å². The van der Waals surface area contributed by atoms with E-state index >= 15 is 0 Å². The second-order valence-corrected chi connectivity index (χ2v) is 5.82. The molecule has 3 fully saturated rings. The first-order chi connectivity index (χ1) is 6.83. The molecule has 1 nitrogen and oxygen atoms in total. The van der Waals surface area contributed by atoms with Gasteiger partial charge in [-0.25, -0.2) is 0 Å². The van der Waals surface area contributed by atoms with E-state index in [9.17, 15) is 0 Å². The molecule has 80 valence electrons. The molecule has 1 heterocycles. The van der Waals surface area contributed by atoms with Crippen molar-refractivity contribution in [3.05, 3.63) is 0 Å². The van der Waals surface area contributed by atoms with Crippen molar-refractivity contribution in [3.8, 4) is 0 Å². The van der Waals surface area contributed by atoms with Gasteiger partial charge in [-0.3, -0.25) is 0 Å². The summed E-state index contributed by atoms with van der Waals surface area (Å²) in [6.45, 7) is 2.44. The summed E-state index contributed by atoms with van der Waals surface area (Å²) in [6, 6.07) is 0. The summed E-state index contributed by atoms with van der Waals surface area (Å²) < 4.78 is 5.63. The summed E-state index contributed by atoms with van der Waals surface area (Å²) in [7, 11) is 0. The molecule has 2 aliphatic carbocycles. The highest BCUT2D eigenvalue weighted by Gasteiger charge is 2.45. The number of epoxide rings is 1. The fourth-order valence-electron chi connectivity index (χ4n) is 3.77. The molecule has 1 heteroatoms. The molecule has 0 aromatic rings. The van der Waals surface area contributed by atoms with Crippen LogP contribution in [0.4, 0.5) is 0 Å². The maximum absolute atomic E-state index is 5.63. The molecule has 2 saturated carbocycles.